The molecule has 3 heterocycles. The maximum atomic E-state index is 11.5. The molecule has 0 radical (unpaired) electrons. The van der Waals surface area contributed by atoms with Crippen molar-refractivity contribution in [2.24, 2.45) is 0 Å². The molecule has 1 saturated heterocycles. The molecule has 3 aromatic rings. The van der Waals surface area contributed by atoms with E-state index in [-0.39, 0.29) is 0 Å². The zero-order valence-corrected chi connectivity index (χ0v) is 18.0. The predicted octanol–water partition coefficient (Wildman–Crippen LogP) is 2.10. The highest BCUT2D eigenvalue weighted by molar-refractivity contribution is 5.93. The number of fused-ring (bicyclic) bond motifs is 1. The number of amides is 1. The zero-order chi connectivity index (χ0) is 22.0. The first-order chi connectivity index (χ1) is 14.8. The number of rotatable bonds is 6. The molecule has 1 fully saturated rings. The Bertz CT molecular complexity index is 1050. The standard InChI is InChI=1S/C23H29N5O3/c1-23(2,30)16-26-11-13-27(14-12-26)20-7-9-24-21-19(20)8-10-28(21)15-17-3-5-18(6-4-17)22(29)25-31/h3-10,30-31H,11-16H2,1-2H3,(H,25,29). The lowest BCUT2D eigenvalue weighted by Crippen LogP contribution is -2.50. The van der Waals surface area contributed by atoms with Crippen LogP contribution in [0.4, 0.5) is 5.69 Å². The van der Waals surface area contributed by atoms with E-state index >= 15 is 0 Å². The minimum absolute atomic E-state index is 0.410. The third-order valence-electron chi connectivity index (χ3n) is 5.63. The molecule has 0 bridgehead atoms. The second kappa shape index (κ2) is 8.66. The SMILES string of the molecule is CC(C)(O)CN1CCN(c2ccnc3c2ccn3Cc2ccc(C(=O)NO)cc2)CC1. The fraction of sp³-hybridized carbons (Fsp3) is 0.391. The summed E-state index contributed by atoms with van der Waals surface area (Å²) in [5.74, 6) is -0.521. The number of carbonyl (C=O) groups is 1. The van der Waals surface area contributed by atoms with Gasteiger partial charge in [-0.05, 0) is 43.7 Å². The van der Waals surface area contributed by atoms with Gasteiger partial charge in [0.15, 0.2) is 0 Å². The Hall–Kier alpha value is -2.94. The molecule has 0 aliphatic carbocycles. The number of hydroxylamine groups is 1. The monoisotopic (exact) mass is 423 g/mol. The van der Waals surface area contributed by atoms with E-state index < -0.39 is 11.5 Å². The molecule has 1 amide bonds. The van der Waals surface area contributed by atoms with Crippen molar-refractivity contribution < 1.29 is 15.1 Å². The van der Waals surface area contributed by atoms with Crippen LogP contribution in [-0.4, -0.2) is 69.0 Å². The fourth-order valence-corrected chi connectivity index (χ4v) is 4.20. The topological polar surface area (TPSA) is 93.9 Å². The normalized spacial score (nSPS) is 15.4. The molecular formula is C23H29N5O3. The van der Waals surface area contributed by atoms with Gasteiger partial charge in [0, 0.05) is 68.3 Å². The largest absolute Gasteiger partial charge is 0.389 e. The summed E-state index contributed by atoms with van der Waals surface area (Å²) >= 11 is 0. The number of β-amino-alcohol motifs (C(OH)–C–C–N with tert-alkyl or cyclic N) is 1. The third kappa shape index (κ3) is 4.87. The number of piperazine rings is 1. The first-order valence-electron chi connectivity index (χ1n) is 10.5. The van der Waals surface area contributed by atoms with Gasteiger partial charge in [0.1, 0.15) is 5.65 Å². The molecule has 1 aliphatic heterocycles. The summed E-state index contributed by atoms with van der Waals surface area (Å²) in [6.45, 7) is 8.68. The van der Waals surface area contributed by atoms with Crippen LogP contribution in [0.1, 0.15) is 29.8 Å². The lowest BCUT2D eigenvalue weighted by atomic mass is 10.1. The number of nitrogens with zero attached hydrogens (tertiary/aromatic N) is 4. The van der Waals surface area contributed by atoms with Crippen LogP contribution in [0.25, 0.3) is 11.0 Å². The highest BCUT2D eigenvalue weighted by atomic mass is 16.5. The number of hydrogen-bond acceptors (Lipinski definition) is 6. The van der Waals surface area contributed by atoms with Crippen LogP contribution in [0.5, 0.6) is 0 Å². The van der Waals surface area contributed by atoms with Crippen LogP contribution in [0.15, 0.2) is 48.8 Å². The van der Waals surface area contributed by atoms with E-state index in [1.54, 1.807) is 17.6 Å². The summed E-state index contributed by atoms with van der Waals surface area (Å²) in [6, 6.07) is 11.3. The van der Waals surface area contributed by atoms with Gasteiger partial charge in [-0.15, -0.1) is 0 Å². The van der Waals surface area contributed by atoms with Crippen molar-refractivity contribution in [2.45, 2.75) is 26.0 Å². The molecule has 4 rings (SSSR count). The molecule has 31 heavy (non-hydrogen) atoms. The van der Waals surface area contributed by atoms with E-state index in [0.29, 0.717) is 18.7 Å². The molecule has 0 spiro atoms. The van der Waals surface area contributed by atoms with E-state index in [2.05, 4.69) is 31.5 Å². The van der Waals surface area contributed by atoms with Crippen molar-refractivity contribution in [3.8, 4) is 0 Å². The van der Waals surface area contributed by atoms with Gasteiger partial charge in [-0.2, -0.15) is 0 Å². The maximum absolute atomic E-state index is 11.5. The number of pyridine rings is 1. The summed E-state index contributed by atoms with van der Waals surface area (Å²) < 4.78 is 2.10. The second-order valence-corrected chi connectivity index (χ2v) is 8.72. The van der Waals surface area contributed by atoms with Crippen molar-refractivity contribution in [1.82, 2.24) is 19.9 Å². The van der Waals surface area contributed by atoms with Gasteiger partial charge in [-0.1, -0.05) is 12.1 Å². The first kappa shape index (κ1) is 21.3. The number of nitrogens with one attached hydrogen (secondary N) is 1. The minimum Gasteiger partial charge on any atom is -0.389 e. The Morgan fingerprint density at radius 1 is 1.10 bits per heavy atom. The van der Waals surface area contributed by atoms with Crippen LogP contribution in [0.2, 0.25) is 0 Å². The molecule has 0 atom stereocenters. The van der Waals surface area contributed by atoms with Gasteiger partial charge in [-0.25, -0.2) is 10.5 Å². The maximum Gasteiger partial charge on any atom is 0.274 e. The van der Waals surface area contributed by atoms with Crippen molar-refractivity contribution in [3.05, 3.63) is 59.9 Å². The number of aromatic nitrogens is 2. The number of benzene rings is 1. The predicted molar refractivity (Wildman–Crippen MR) is 119 cm³/mol. The summed E-state index contributed by atoms with van der Waals surface area (Å²) in [5.41, 5.74) is 4.53. The lowest BCUT2D eigenvalue weighted by Gasteiger charge is -2.38. The minimum atomic E-state index is -0.677. The molecule has 2 aromatic heterocycles. The summed E-state index contributed by atoms with van der Waals surface area (Å²) in [6.07, 6.45) is 3.89. The highest BCUT2D eigenvalue weighted by Crippen LogP contribution is 2.28. The van der Waals surface area contributed by atoms with Crippen molar-refractivity contribution >= 4 is 22.6 Å². The van der Waals surface area contributed by atoms with Gasteiger partial charge in [0.25, 0.3) is 5.91 Å². The van der Waals surface area contributed by atoms with Crippen LogP contribution < -0.4 is 10.4 Å². The van der Waals surface area contributed by atoms with Crippen LogP contribution >= 0.6 is 0 Å². The summed E-state index contributed by atoms with van der Waals surface area (Å²) in [4.78, 5) is 20.8. The van der Waals surface area contributed by atoms with Gasteiger partial charge in [-0.3, -0.25) is 14.9 Å². The van der Waals surface area contributed by atoms with Crippen LogP contribution in [0.3, 0.4) is 0 Å². The number of anilines is 1. The molecule has 1 aromatic carbocycles. The molecule has 1 aliphatic rings. The average molecular weight is 424 g/mol. The van der Waals surface area contributed by atoms with E-state index in [1.165, 1.54) is 5.69 Å². The Kier molecular flexibility index (Phi) is 5.95. The van der Waals surface area contributed by atoms with Crippen LogP contribution in [-0.2, 0) is 6.54 Å². The van der Waals surface area contributed by atoms with Crippen LogP contribution in [0, 0.1) is 0 Å². The Balaban J connectivity index is 1.49. The third-order valence-corrected chi connectivity index (χ3v) is 5.63. The smallest absolute Gasteiger partial charge is 0.274 e. The number of aliphatic hydroxyl groups is 1. The number of hydrogen-bond donors (Lipinski definition) is 3. The molecule has 8 heteroatoms. The summed E-state index contributed by atoms with van der Waals surface area (Å²) in [7, 11) is 0. The summed E-state index contributed by atoms with van der Waals surface area (Å²) in [5, 5.41) is 19.9. The zero-order valence-electron chi connectivity index (χ0n) is 18.0. The average Bonchev–Trinajstić information content (AvgIpc) is 3.16. The van der Waals surface area contributed by atoms with Gasteiger partial charge >= 0.3 is 0 Å². The number of carbonyl (C=O) groups excluding carboxylic acids is 1. The fourth-order valence-electron chi connectivity index (χ4n) is 4.20. The van der Waals surface area contributed by atoms with Crippen molar-refractivity contribution in [2.75, 3.05) is 37.6 Å². The van der Waals surface area contributed by atoms with Crippen molar-refractivity contribution in [3.63, 3.8) is 0 Å². The van der Waals surface area contributed by atoms with E-state index in [0.717, 1.165) is 42.8 Å². The molecule has 8 nitrogen and oxygen atoms in total. The molecule has 164 valence electrons. The Morgan fingerprint density at radius 2 is 1.81 bits per heavy atom. The van der Waals surface area contributed by atoms with E-state index in [1.807, 2.05) is 38.4 Å². The Morgan fingerprint density at radius 3 is 2.45 bits per heavy atom. The van der Waals surface area contributed by atoms with E-state index in [9.17, 15) is 9.90 Å². The first-order valence-corrected chi connectivity index (χ1v) is 10.5. The quantitative estimate of drug-likeness (QED) is 0.415. The van der Waals surface area contributed by atoms with Gasteiger partial charge in [0.05, 0.1) is 5.60 Å². The highest BCUT2D eigenvalue weighted by Gasteiger charge is 2.24. The molecule has 0 saturated carbocycles. The van der Waals surface area contributed by atoms with Crippen molar-refractivity contribution in [1.29, 1.82) is 0 Å². The van der Waals surface area contributed by atoms with E-state index in [4.69, 9.17) is 5.21 Å². The Labute approximate surface area is 181 Å². The van der Waals surface area contributed by atoms with Gasteiger partial charge < -0.3 is 14.6 Å². The molecule has 0 unspecified atom stereocenters. The second-order valence-electron chi connectivity index (χ2n) is 8.72. The molecular weight excluding hydrogens is 394 g/mol. The lowest BCUT2D eigenvalue weighted by molar-refractivity contribution is 0.0345. The molecule has 3 N–H and O–H groups in total. The van der Waals surface area contributed by atoms with Gasteiger partial charge in [0.2, 0.25) is 0 Å².